The lowest BCUT2D eigenvalue weighted by atomic mass is 9.72. The number of carbonyl (C=O) groups excluding carboxylic acids is 3. The van der Waals surface area contributed by atoms with E-state index in [1.807, 2.05) is 0 Å². The van der Waals surface area contributed by atoms with Crippen LogP contribution in [-0.4, -0.2) is 63.7 Å². The number of fused-ring (bicyclic) bond motifs is 1. The summed E-state index contributed by atoms with van der Waals surface area (Å²) in [6, 6.07) is -2.46. The Bertz CT molecular complexity index is 667. The van der Waals surface area contributed by atoms with Crippen molar-refractivity contribution in [1.29, 1.82) is 0 Å². The minimum Gasteiger partial charge on any atom is -0.512 e. The van der Waals surface area contributed by atoms with Crippen LogP contribution in [0.3, 0.4) is 0 Å². The number of rotatable bonds is 5. The fourth-order valence-corrected chi connectivity index (χ4v) is 3.64. The highest BCUT2D eigenvalue weighted by Crippen LogP contribution is 2.42. The standard InChI is InChI=1S/C17H26ClN3O6/c1-7(19)14(24)20-8(2)15(25)21-13-10-4-9(22)5-11(23)12(10)16(26)27-17(13,3)6-18/h7-10,13,22-23H,4-6,19H2,1-3H3,(H,20,24)(H,21,25)/t7-,8-,9-,10?,13+,17+/m0/s1. The number of aliphatic hydroxyl groups is 2. The second-order valence-electron chi connectivity index (χ2n) is 7.40. The van der Waals surface area contributed by atoms with E-state index in [4.69, 9.17) is 22.1 Å². The first-order chi connectivity index (χ1) is 12.5. The lowest BCUT2D eigenvalue weighted by molar-refractivity contribution is -0.166. The normalized spacial score (nSPS) is 32.8. The molecule has 27 heavy (non-hydrogen) atoms. The van der Waals surface area contributed by atoms with Crippen molar-refractivity contribution in [1.82, 2.24) is 10.6 Å². The van der Waals surface area contributed by atoms with Crippen LogP contribution in [-0.2, 0) is 19.1 Å². The smallest absolute Gasteiger partial charge is 0.338 e. The van der Waals surface area contributed by atoms with E-state index < -0.39 is 53.5 Å². The Kier molecular flexibility index (Phi) is 6.39. The van der Waals surface area contributed by atoms with Crippen molar-refractivity contribution in [3.63, 3.8) is 0 Å². The van der Waals surface area contributed by atoms with Crippen LogP contribution in [0, 0.1) is 5.92 Å². The van der Waals surface area contributed by atoms with Gasteiger partial charge >= 0.3 is 5.97 Å². The van der Waals surface area contributed by atoms with Crippen LogP contribution in [0.15, 0.2) is 11.3 Å². The average molecular weight is 404 g/mol. The van der Waals surface area contributed by atoms with E-state index in [1.165, 1.54) is 13.8 Å². The van der Waals surface area contributed by atoms with Crippen LogP contribution in [0.5, 0.6) is 0 Å². The number of halogens is 1. The highest BCUT2D eigenvalue weighted by molar-refractivity contribution is 6.18. The Balaban J connectivity index is 2.28. The Labute approximate surface area is 162 Å². The summed E-state index contributed by atoms with van der Waals surface area (Å²) in [4.78, 5) is 36.7. The topological polar surface area (TPSA) is 151 Å². The molecule has 6 atom stereocenters. The van der Waals surface area contributed by atoms with E-state index in [0.29, 0.717) is 0 Å². The van der Waals surface area contributed by atoms with Gasteiger partial charge in [-0.25, -0.2) is 4.79 Å². The minimum absolute atomic E-state index is 0.0421. The molecule has 1 aliphatic carbocycles. The van der Waals surface area contributed by atoms with Gasteiger partial charge in [0.2, 0.25) is 11.8 Å². The third-order valence-corrected chi connectivity index (χ3v) is 5.50. The van der Waals surface area contributed by atoms with Crippen LogP contribution in [0.1, 0.15) is 33.6 Å². The zero-order valence-corrected chi connectivity index (χ0v) is 16.2. The molecule has 1 heterocycles. The summed E-state index contributed by atoms with van der Waals surface area (Å²) in [6.07, 6.45) is -0.758. The number of amides is 2. The first-order valence-corrected chi connectivity index (χ1v) is 9.29. The van der Waals surface area contributed by atoms with Gasteiger partial charge in [0.1, 0.15) is 17.4 Å². The van der Waals surface area contributed by atoms with Crippen molar-refractivity contribution in [2.24, 2.45) is 11.7 Å². The van der Waals surface area contributed by atoms with E-state index >= 15 is 0 Å². The maximum atomic E-state index is 12.6. The number of hydrogen-bond acceptors (Lipinski definition) is 7. The van der Waals surface area contributed by atoms with Gasteiger partial charge in [0.15, 0.2) is 0 Å². The zero-order valence-electron chi connectivity index (χ0n) is 15.5. The number of alkyl halides is 1. The third kappa shape index (κ3) is 4.36. The number of nitrogens with two attached hydrogens (primary N) is 1. The van der Waals surface area contributed by atoms with Gasteiger partial charge in [0.25, 0.3) is 0 Å². The van der Waals surface area contributed by atoms with Gasteiger partial charge in [0, 0.05) is 12.3 Å². The van der Waals surface area contributed by atoms with Crippen molar-refractivity contribution in [3.05, 3.63) is 11.3 Å². The van der Waals surface area contributed by atoms with Gasteiger partial charge in [-0.15, -0.1) is 11.6 Å². The summed E-state index contributed by atoms with van der Waals surface area (Å²) in [5, 5.41) is 25.4. The molecule has 1 unspecified atom stereocenters. The minimum atomic E-state index is -1.25. The molecule has 0 spiro atoms. The summed E-state index contributed by atoms with van der Waals surface area (Å²) in [5.74, 6) is -2.75. The molecule has 0 aromatic rings. The predicted molar refractivity (Wildman–Crippen MR) is 96.8 cm³/mol. The number of ether oxygens (including phenoxy) is 1. The molecule has 2 aliphatic rings. The molecule has 0 saturated carbocycles. The van der Waals surface area contributed by atoms with Crippen LogP contribution < -0.4 is 16.4 Å². The molecule has 152 valence electrons. The lowest BCUT2D eigenvalue weighted by Gasteiger charge is -2.47. The number of nitrogens with one attached hydrogen (secondary N) is 2. The molecule has 6 N–H and O–H groups in total. The number of cyclic esters (lactones) is 1. The summed E-state index contributed by atoms with van der Waals surface area (Å²) in [5.41, 5.74) is 4.28. The van der Waals surface area contributed by atoms with E-state index in [1.54, 1.807) is 6.92 Å². The summed E-state index contributed by atoms with van der Waals surface area (Å²) >= 11 is 6.02. The fourth-order valence-electron chi connectivity index (χ4n) is 3.42. The monoisotopic (exact) mass is 403 g/mol. The largest absolute Gasteiger partial charge is 0.512 e. The molecule has 0 bridgehead atoms. The average Bonchev–Trinajstić information content (AvgIpc) is 2.57. The molecule has 1 aliphatic heterocycles. The summed E-state index contributed by atoms with van der Waals surface area (Å²) < 4.78 is 5.42. The van der Waals surface area contributed by atoms with Crippen LogP contribution in [0.25, 0.3) is 0 Å². The second kappa shape index (κ2) is 8.04. The number of esters is 1. The van der Waals surface area contributed by atoms with Crippen LogP contribution in [0.2, 0.25) is 0 Å². The van der Waals surface area contributed by atoms with Gasteiger partial charge in [-0.1, -0.05) is 0 Å². The quantitative estimate of drug-likeness (QED) is 0.305. The fraction of sp³-hybridized carbons (Fsp3) is 0.706. The maximum Gasteiger partial charge on any atom is 0.338 e. The molecule has 2 amide bonds. The number of aliphatic hydroxyl groups excluding tert-OH is 2. The molecular weight excluding hydrogens is 378 g/mol. The molecule has 0 aromatic heterocycles. The molecule has 9 nitrogen and oxygen atoms in total. The van der Waals surface area contributed by atoms with Gasteiger partial charge in [-0.2, -0.15) is 0 Å². The third-order valence-electron chi connectivity index (χ3n) is 4.97. The lowest BCUT2D eigenvalue weighted by Crippen LogP contribution is -2.65. The molecule has 10 heteroatoms. The van der Waals surface area contributed by atoms with E-state index in [2.05, 4.69) is 10.6 Å². The molecule has 2 rings (SSSR count). The van der Waals surface area contributed by atoms with E-state index in [-0.39, 0.29) is 30.1 Å². The van der Waals surface area contributed by atoms with Crippen molar-refractivity contribution >= 4 is 29.4 Å². The van der Waals surface area contributed by atoms with Crippen molar-refractivity contribution < 1.29 is 29.3 Å². The summed E-state index contributed by atoms with van der Waals surface area (Å²) in [6.45, 7) is 4.56. The van der Waals surface area contributed by atoms with Crippen LogP contribution in [0.4, 0.5) is 0 Å². The van der Waals surface area contributed by atoms with E-state index in [0.717, 1.165) is 0 Å². The Morgan fingerprint density at radius 1 is 1.41 bits per heavy atom. The highest BCUT2D eigenvalue weighted by Gasteiger charge is 2.53. The Hall–Kier alpha value is -1.84. The summed E-state index contributed by atoms with van der Waals surface area (Å²) in [7, 11) is 0. The van der Waals surface area contributed by atoms with Crippen molar-refractivity contribution in [2.45, 2.75) is 63.4 Å². The van der Waals surface area contributed by atoms with Gasteiger partial charge < -0.3 is 31.3 Å². The second-order valence-corrected chi connectivity index (χ2v) is 7.67. The van der Waals surface area contributed by atoms with Gasteiger partial charge in [-0.05, 0) is 27.2 Å². The molecule has 0 aromatic carbocycles. The zero-order chi connectivity index (χ0) is 20.5. The maximum absolute atomic E-state index is 12.6. The predicted octanol–water partition coefficient (Wildman–Crippen LogP) is -0.540. The van der Waals surface area contributed by atoms with E-state index in [9.17, 15) is 24.6 Å². The van der Waals surface area contributed by atoms with Crippen LogP contribution >= 0.6 is 11.6 Å². The number of carbonyl (C=O) groups is 3. The molecule has 1 fully saturated rings. The molecular formula is C17H26ClN3O6. The first kappa shape index (κ1) is 21.5. The van der Waals surface area contributed by atoms with Crippen molar-refractivity contribution in [3.8, 4) is 0 Å². The van der Waals surface area contributed by atoms with Gasteiger partial charge in [0.05, 0.1) is 29.6 Å². The molecule has 0 radical (unpaired) electrons. The van der Waals surface area contributed by atoms with Gasteiger partial charge in [-0.3, -0.25) is 9.59 Å². The highest BCUT2D eigenvalue weighted by atomic mass is 35.5. The SMILES string of the molecule is C[C@H](N)C(=O)N[C@@H](C)C(=O)N[C@@H]1C2C[C@H](O)CC(O)=C2C(=O)O[C@]1(C)CCl. The molecule has 1 saturated heterocycles. The first-order valence-electron chi connectivity index (χ1n) is 8.75. The Morgan fingerprint density at radius 3 is 2.59 bits per heavy atom. The van der Waals surface area contributed by atoms with Crippen molar-refractivity contribution in [2.75, 3.05) is 5.88 Å². The Morgan fingerprint density at radius 2 is 2.04 bits per heavy atom. The number of hydrogen-bond donors (Lipinski definition) is 5.